The molecule has 0 spiro atoms. The third-order valence-corrected chi connectivity index (χ3v) is 4.71. The molecule has 1 aliphatic heterocycles. The highest BCUT2D eigenvalue weighted by molar-refractivity contribution is 5.77. The molecule has 1 aliphatic rings. The molecule has 0 saturated carbocycles. The molecule has 0 aliphatic carbocycles. The molecule has 2 aromatic heterocycles. The normalized spacial score (nSPS) is 17.1. The summed E-state index contributed by atoms with van der Waals surface area (Å²) < 4.78 is 3.22. The Morgan fingerprint density at radius 1 is 1.28 bits per heavy atom. The van der Waals surface area contributed by atoms with Gasteiger partial charge in [-0.15, -0.1) is 0 Å². The van der Waals surface area contributed by atoms with Gasteiger partial charge in [-0.25, -0.2) is 4.79 Å². The minimum atomic E-state index is -0.479. The largest absolute Gasteiger partial charge is 0.508 e. The Morgan fingerprint density at radius 3 is 2.76 bits per heavy atom. The van der Waals surface area contributed by atoms with Gasteiger partial charge >= 0.3 is 5.69 Å². The third kappa shape index (κ3) is 2.25. The number of aryl methyl sites for hydroxylation is 2. The van der Waals surface area contributed by atoms with Gasteiger partial charge in [-0.1, -0.05) is 6.92 Å². The first-order valence-electron chi connectivity index (χ1n) is 8.13. The number of H-pyrrole nitrogens is 1. The SMILES string of the molecule is Cc1cc(N2C[C@H](C)Cn3c2nc2c3c(=O)[nH]c(=O)n2C)ccc1O. The zero-order valence-corrected chi connectivity index (χ0v) is 14.3. The zero-order valence-electron chi connectivity index (χ0n) is 14.3. The van der Waals surface area contributed by atoms with Gasteiger partial charge in [0.15, 0.2) is 11.2 Å². The zero-order chi connectivity index (χ0) is 17.9. The fraction of sp³-hybridized carbons (Fsp3) is 0.353. The molecule has 8 nitrogen and oxygen atoms in total. The Morgan fingerprint density at radius 2 is 2.04 bits per heavy atom. The van der Waals surface area contributed by atoms with Gasteiger partial charge in [0, 0.05) is 25.8 Å². The van der Waals surface area contributed by atoms with Crippen molar-refractivity contribution >= 4 is 22.8 Å². The number of anilines is 2. The number of phenolic OH excluding ortho intramolecular Hbond substituents is 1. The number of fused-ring (bicyclic) bond motifs is 3. The predicted octanol–water partition coefficient (Wildman–Crippen LogP) is 1.23. The maximum Gasteiger partial charge on any atom is 0.329 e. The summed E-state index contributed by atoms with van der Waals surface area (Å²) in [5.41, 5.74) is 1.53. The van der Waals surface area contributed by atoms with Gasteiger partial charge in [0.05, 0.1) is 0 Å². The Bertz CT molecular complexity index is 1110. The summed E-state index contributed by atoms with van der Waals surface area (Å²) in [5, 5.41) is 9.78. The van der Waals surface area contributed by atoms with E-state index in [9.17, 15) is 14.7 Å². The van der Waals surface area contributed by atoms with E-state index < -0.39 is 11.2 Å². The molecular weight excluding hydrogens is 322 g/mol. The number of imidazole rings is 1. The van der Waals surface area contributed by atoms with Gasteiger partial charge in [0.2, 0.25) is 5.95 Å². The summed E-state index contributed by atoms with van der Waals surface area (Å²) >= 11 is 0. The van der Waals surface area contributed by atoms with Crippen LogP contribution in [0.1, 0.15) is 12.5 Å². The minimum absolute atomic E-state index is 0.237. The first-order valence-corrected chi connectivity index (χ1v) is 8.13. The Kier molecular flexibility index (Phi) is 3.24. The van der Waals surface area contributed by atoms with Gasteiger partial charge in [0.25, 0.3) is 5.56 Å². The van der Waals surface area contributed by atoms with Crippen molar-refractivity contribution in [3.8, 4) is 5.75 Å². The van der Waals surface area contributed by atoms with Crippen LogP contribution in [0.4, 0.5) is 11.6 Å². The molecule has 1 aromatic carbocycles. The molecule has 4 rings (SSSR count). The highest BCUT2D eigenvalue weighted by Gasteiger charge is 2.29. The Hall–Kier alpha value is -3.03. The van der Waals surface area contributed by atoms with Crippen LogP contribution in [0, 0.1) is 12.8 Å². The Balaban J connectivity index is 2.00. The van der Waals surface area contributed by atoms with Crippen LogP contribution in [0.2, 0.25) is 0 Å². The van der Waals surface area contributed by atoms with Crippen molar-refractivity contribution in [3.05, 3.63) is 44.6 Å². The fourth-order valence-electron chi connectivity index (χ4n) is 3.39. The van der Waals surface area contributed by atoms with Gasteiger partial charge in [-0.3, -0.25) is 14.3 Å². The summed E-state index contributed by atoms with van der Waals surface area (Å²) in [4.78, 5) is 33.2. The Labute approximate surface area is 143 Å². The van der Waals surface area contributed by atoms with Gasteiger partial charge < -0.3 is 14.6 Å². The van der Waals surface area contributed by atoms with Crippen molar-refractivity contribution < 1.29 is 5.11 Å². The number of aromatic amines is 1. The van der Waals surface area contributed by atoms with Crippen molar-refractivity contribution in [2.45, 2.75) is 20.4 Å². The summed E-state index contributed by atoms with van der Waals surface area (Å²) in [6.45, 7) is 5.33. The van der Waals surface area contributed by atoms with E-state index in [-0.39, 0.29) is 11.7 Å². The van der Waals surface area contributed by atoms with E-state index in [0.717, 1.165) is 17.8 Å². The lowest BCUT2D eigenvalue weighted by Gasteiger charge is -2.33. The molecule has 0 amide bonds. The quantitative estimate of drug-likeness (QED) is 0.694. The third-order valence-electron chi connectivity index (χ3n) is 4.71. The highest BCUT2D eigenvalue weighted by Crippen LogP contribution is 2.34. The number of benzene rings is 1. The van der Waals surface area contributed by atoms with Crippen LogP contribution >= 0.6 is 0 Å². The standard InChI is InChI=1S/C17H19N5O3/c1-9-7-21(11-4-5-12(23)10(2)6-11)16-18-14-13(22(16)8-9)15(24)19-17(25)20(14)3/h4-6,9,23H,7-8H2,1-3H3,(H,19,24,25)/t9-/m0/s1. The number of rotatable bonds is 1. The molecule has 25 heavy (non-hydrogen) atoms. The summed E-state index contributed by atoms with van der Waals surface area (Å²) in [7, 11) is 1.60. The predicted molar refractivity (Wildman–Crippen MR) is 94.6 cm³/mol. The lowest BCUT2D eigenvalue weighted by molar-refractivity contribution is 0.457. The second-order valence-electron chi connectivity index (χ2n) is 6.70. The van der Waals surface area contributed by atoms with Crippen molar-refractivity contribution in [3.63, 3.8) is 0 Å². The highest BCUT2D eigenvalue weighted by atomic mass is 16.3. The van der Waals surface area contributed by atoms with E-state index in [0.29, 0.717) is 23.7 Å². The first kappa shape index (κ1) is 15.5. The molecule has 2 N–H and O–H groups in total. The number of hydrogen-bond donors (Lipinski definition) is 2. The van der Waals surface area contributed by atoms with E-state index in [1.165, 1.54) is 4.57 Å². The second-order valence-corrected chi connectivity index (χ2v) is 6.70. The summed E-state index contributed by atoms with van der Waals surface area (Å²) in [6.07, 6.45) is 0. The number of phenols is 1. The first-order chi connectivity index (χ1) is 11.9. The monoisotopic (exact) mass is 341 g/mol. The lowest BCUT2D eigenvalue weighted by Crippen LogP contribution is -2.35. The molecule has 0 bridgehead atoms. The van der Waals surface area contributed by atoms with Crippen LogP contribution < -0.4 is 16.1 Å². The van der Waals surface area contributed by atoms with Gasteiger partial charge in [-0.2, -0.15) is 4.98 Å². The number of aromatic hydroxyl groups is 1. The summed E-state index contributed by atoms with van der Waals surface area (Å²) in [6, 6.07) is 5.37. The number of nitrogens with zero attached hydrogens (tertiary/aromatic N) is 4. The van der Waals surface area contributed by atoms with Crippen molar-refractivity contribution in [1.82, 2.24) is 19.1 Å². The minimum Gasteiger partial charge on any atom is -0.508 e. The van der Waals surface area contributed by atoms with E-state index >= 15 is 0 Å². The average Bonchev–Trinajstić information content (AvgIpc) is 2.94. The molecule has 1 atom stereocenters. The molecule has 0 saturated heterocycles. The molecule has 130 valence electrons. The van der Waals surface area contributed by atoms with Crippen LogP contribution in [0.25, 0.3) is 11.2 Å². The van der Waals surface area contributed by atoms with Crippen molar-refractivity contribution in [1.29, 1.82) is 0 Å². The molecule has 3 aromatic rings. The van der Waals surface area contributed by atoms with Crippen molar-refractivity contribution in [2.24, 2.45) is 13.0 Å². The fourth-order valence-corrected chi connectivity index (χ4v) is 3.39. The number of aromatic nitrogens is 4. The van der Waals surface area contributed by atoms with Crippen LogP contribution in [0.3, 0.4) is 0 Å². The van der Waals surface area contributed by atoms with Crippen LogP contribution in [-0.2, 0) is 13.6 Å². The lowest BCUT2D eigenvalue weighted by atomic mass is 10.1. The van der Waals surface area contributed by atoms with E-state index in [1.807, 2.05) is 28.5 Å². The van der Waals surface area contributed by atoms with Gasteiger partial charge in [0.1, 0.15) is 5.75 Å². The average molecular weight is 341 g/mol. The van der Waals surface area contributed by atoms with Crippen LogP contribution in [0.5, 0.6) is 5.75 Å². The second kappa shape index (κ2) is 5.23. The van der Waals surface area contributed by atoms with E-state index in [1.54, 1.807) is 13.1 Å². The summed E-state index contributed by atoms with van der Waals surface area (Å²) in [5.74, 6) is 1.15. The van der Waals surface area contributed by atoms with Gasteiger partial charge in [-0.05, 0) is 36.6 Å². The van der Waals surface area contributed by atoms with Crippen molar-refractivity contribution in [2.75, 3.05) is 11.4 Å². The molecule has 8 heteroatoms. The van der Waals surface area contributed by atoms with E-state index in [2.05, 4.69) is 16.9 Å². The van der Waals surface area contributed by atoms with Crippen LogP contribution in [-0.4, -0.2) is 30.8 Å². The molecular formula is C17H19N5O3. The molecule has 0 fully saturated rings. The number of nitrogens with one attached hydrogen (secondary N) is 1. The smallest absolute Gasteiger partial charge is 0.329 e. The maximum atomic E-state index is 12.4. The molecule has 0 unspecified atom stereocenters. The van der Waals surface area contributed by atoms with E-state index in [4.69, 9.17) is 0 Å². The number of hydrogen-bond acceptors (Lipinski definition) is 5. The van der Waals surface area contributed by atoms with Crippen LogP contribution in [0.15, 0.2) is 27.8 Å². The maximum absolute atomic E-state index is 12.4. The molecule has 3 heterocycles. The topological polar surface area (TPSA) is 96.2 Å². The molecule has 0 radical (unpaired) electrons.